The van der Waals surface area contributed by atoms with Crippen LogP contribution in [0.5, 0.6) is 0 Å². The second-order valence-electron chi connectivity index (χ2n) is 4.94. The van der Waals surface area contributed by atoms with Gasteiger partial charge in [0.25, 0.3) is 11.6 Å². The van der Waals surface area contributed by atoms with Crippen molar-refractivity contribution in [2.75, 3.05) is 0 Å². The molecule has 0 saturated heterocycles. The molecule has 0 spiro atoms. The molecule has 0 aromatic heterocycles. The number of amides is 1. The molecule has 0 aliphatic rings. The molecule has 0 fully saturated rings. The number of carboxylic acids is 1. The normalized spacial score (nSPS) is 10.1. The van der Waals surface area contributed by atoms with Crippen LogP contribution in [0.25, 0.3) is 0 Å². The standard InChI is InChI=1S/C16H14N2O5/c1-10-2-5-13(8-14(10)18(22)23)15(19)17-9-11-3-6-12(7-4-11)16(20)21/h2-8H,9H2,1H3,(H,17,19)(H,20,21). The molecule has 1 amide bonds. The second-order valence-corrected chi connectivity index (χ2v) is 4.94. The summed E-state index contributed by atoms with van der Waals surface area (Å²) in [5.74, 6) is -1.46. The minimum absolute atomic E-state index is 0.108. The number of hydrogen-bond acceptors (Lipinski definition) is 4. The zero-order valence-corrected chi connectivity index (χ0v) is 12.3. The number of aromatic carboxylic acids is 1. The van der Waals surface area contributed by atoms with E-state index >= 15 is 0 Å². The summed E-state index contributed by atoms with van der Waals surface area (Å²) in [7, 11) is 0. The summed E-state index contributed by atoms with van der Waals surface area (Å²) in [5.41, 5.74) is 1.46. The lowest BCUT2D eigenvalue weighted by atomic mass is 10.1. The van der Waals surface area contributed by atoms with Crippen LogP contribution < -0.4 is 5.32 Å². The molecule has 118 valence electrons. The fourth-order valence-electron chi connectivity index (χ4n) is 2.00. The van der Waals surface area contributed by atoms with E-state index in [4.69, 9.17) is 5.11 Å². The lowest BCUT2D eigenvalue weighted by molar-refractivity contribution is -0.385. The Balaban J connectivity index is 2.06. The molecule has 7 nitrogen and oxygen atoms in total. The minimum Gasteiger partial charge on any atom is -0.478 e. The first-order valence-corrected chi connectivity index (χ1v) is 6.74. The van der Waals surface area contributed by atoms with Gasteiger partial charge in [0, 0.05) is 23.7 Å². The number of carbonyl (C=O) groups is 2. The van der Waals surface area contributed by atoms with Gasteiger partial charge in [0.1, 0.15) is 0 Å². The number of hydrogen-bond donors (Lipinski definition) is 2. The third kappa shape index (κ3) is 3.91. The smallest absolute Gasteiger partial charge is 0.335 e. The molecule has 0 aliphatic carbocycles. The van der Waals surface area contributed by atoms with Crippen molar-refractivity contribution < 1.29 is 19.6 Å². The van der Waals surface area contributed by atoms with Crippen LogP contribution in [0.3, 0.4) is 0 Å². The summed E-state index contributed by atoms with van der Waals surface area (Å²) in [5, 5.41) is 22.3. The van der Waals surface area contributed by atoms with E-state index in [-0.39, 0.29) is 23.4 Å². The largest absolute Gasteiger partial charge is 0.478 e. The van der Waals surface area contributed by atoms with Crippen molar-refractivity contribution in [2.45, 2.75) is 13.5 Å². The number of nitro benzene ring substituents is 1. The summed E-state index contributed by atoms with van der Waals surface area (Å²) in [6.45, 7) is 1.80. The highest BCUT2D eigenvalue weighted by Gasteiger charge is 2.14. The van der Waals surface area contributed by atoms with Gasteiger partial charge in [0.15, 0.2) is 0 Å². The predicted octanol–water partition coefficient (Wildman–Crippen LogP) is 2.53. The lowest BCUT2D eigenvalue weighted by Crippen LogP contribution is -2.23. The van der Waals surface area contributed by atoms with Gasteiger partial charge in [-0.05, 0) is 30.7 Å². The quantitative estimate of drug-likeness (QED) is 0.651. The van der Waals surface area contributed by atoms with Gasteiger partial charge in [0.2, 0.25) is 0 Å². The van der Waals surface area contributed by atoms with Crippen LogP contribution in [0.4, 0.5) is 5.69 Å². The topological polar surface area (TPSA) is 110 Å². The summed E-state index contributed by atoms with van der Waals surface area (Å²) < 4.78 is 0. The van der Waals surface area contributed by atoms with E-state index in [0.29, 0.717) is 5.56 Å². The van der Waals surface area contributed by atoms with Gasteiger partial charge in [-0.3, -0.25) is 14.9 Å². The molecule has 0 heterocycles. The van der Waals surface area contributed by atoms with E-state index in [1.807, 2.05) is 0 Å². The third-order valence-corrected chi connectivity index (χ3v) is 3.32. The van der Waals surface area contributed by atoms with Crippen LogP contribution in [0.15, 0.2) is 42.5 Å². The van der Waals surface area contributed by atoms with Gasteiger partial charge in [0.05, 0.1) is 10.5 Å². The van der Waals surface area contributed by atoms with E-state index in [2.05, 4.69) is 5.32 Å². The Bertz CT molecular complexity index is 769. The van der Waals surface area contributed by atoms with Crippen LogP contribution in [0, 0.1) is 17.0 Å². The summed E-state index contributed by atoms with van der Waals surface area (Å²) in [6, 6.07) is 10.4. The average molecular weight is 314 g/mol. The maximum absolute atomic E-state index is 12.1. The van der Waals surface area contributed by atoms with Gasteiger partial charge >= 0.3 is 5.97 Å². The number of rotatable bonds is 5. The number of nitrogens with one attached hydrogen (secondary N) is 1. The maximum atomic E-state index is 12.1. The molecular weight excluding hydrogens is 300 g/mol. The highest BCUT2D eigenvalue weighted by atomic mass is 16.6. The van der Waals surface area contributed by atoms with E-state index in [0.717, 1.165) is 5.56 Å². The molecule has 7 heteroatoms. The van der Waals surface area contributed by atoms with Crippen LogP contribution >= 0.6 is 0 Å². The van der Waals surface area contributed by atoms with Crippen molar-refractivity contribution in [3.05, 3.63) is 74.8 Å². The van der Waals surface area contributed by atoms with Gasteiger partial charge in [-0.1, -0.05) is 18.2 Å². The van der Waals surface area contributed by atoms with Gasteiger partial charge in [-0.2, -0.15) is 0 Å². The Labute approximate surface area is 131 Å². The van der Waals surface area contributed by atoms with Crippen molar-refractivity contribution in [2.24, 2.45) is 0 Å². The zero-order chi connectivity index (χ0) is 17.0. The number of nitro groups is 1. The number of aryl methyl sites for hydroxylation is 1. The number of carbonyl (C=O) groups excluding carboxylic acids is 1. The first kappa shape index (κ1) is 16.2. The van der Waals surface area contributed by atoms with E-state index in [1.165, 1.54) is 30.3 Å². The Morgan fingerprint density at radius 1 is 1.13 bits per heavy atom. The van der Waals surface area contributed by atoms with Crippen LogP contribution in [0.2, 0.25) is 0 Å². The molecule has 0 atom stereocenters. The summed E-state index contributed by atoms with van der Waals surface area (Å²) in [6.07, 6.45) is 0. The van der Waals surface area contributed by atoms with E-state index in [9.17, 15) is 19.7 Å². The van der Waals surface area contributed by atoms with Crippen LogP contribution in [0.1, 0.15) is 31.8 Å². The maximum Gasteiger partial charge on any atom is 0.335 e. The summed E-state index contributed by atoms with van der Waals surface area (Å²) >= 11 is 0. The van der Waals surface area contributed by atoms with Gasteiger partial charge < -0.3 is 10.4 Å². The Morgan fingerprint density at radius 2 is 1.74 bits per heavy atom. The number of carboxylic acid groups (broad SMARTS) is 1. The molecule has 0 unspecified atom stereocenters. The number of nitrogens with zero attached hydrogens (tertiary/aromatic N) is 1. The zero-order valence-electron chi connectivity index (χ0n) is 12.3. The molecule has 2 aromatic carbocycles. The first-order chi connectivity index (χ1) is 10.9. The van der Waals surface area contributed by atoms with Gasteiger partial charge in [-0.25, -0.2) is 4.79 Å². The third-order valence-electron chi connectivity index (χ3n) is 3.32. The Morgan fingerprint density at radius 3 is 2.30 bits per heavy atom. The molecule has 0 radical (unpaired) electrons. The van der Waals surface area contributed by atoms with Gasteiger partial charge in [-0.15, -0.1) is 0 Å². The van der Waals surface area contributed by atoms with Crippen LogP contribution in [-0.2, 0) is 6.54 Å². The lowest BCUT2D eigenvalue weighted by Gasteiger charge is -2.06. The number of benzene rings is 2. The first-order valence-electron chi connectivity index (χ1n) is 6.74. The van der Waals surface area contributed by atoms with Crippen LogP contribution in [-0.4, -0.2) is 21.9 Å². The van der Waals surface area contributed by atoms with Crippen molar-refractivity contribution in [3.63, 3.8) is 0 Å². The fraction of sp³-hybridized carbons (Fsp3) is 0.125. The molecular formula is C16H14N2O5. The SMILES string of the molecule is Cc1ccc(C(=O)NCc2ccc(C(=O)O)cc2)cc1[N+](=O)[O-]. The molecule has 2 aromatic rings. The van der Waals surface area contributed by atoms with Crippen molar-refractivity contribution in [3.8, 4) is 0 Å². The molecule has 2 N–H and O–H groups in total. The minimum atomic E-state index is -1.02. The monoisotopic (exact) mass is 314 g/mol. The Kier molecular flexibility index (Phi) is 4.70. The highest BCUT2D eigenvalue weighted by Crippen LogP contribution is 2.19. The Hall–Kier alpha value is -3.22. The molecule has 0 bridgehead atoms. The molecule has 0 aliphatic heterocycles. The van der Waals surface area contributed by atoms with E-state index < -0.39 is 16.8 Å². The molecule has 23 heavy (non-hydrogen) atoms. The molecule has 2 rings (SSSR count). The van der Waals surface area contributed by atoms with E-state index in [1.54, 1.807) is 19.1 Å². The predicted molar refractivity (Wildman–Crippen MR) is 82.4 cm³/mol. The highest BCUT2D eigenvalue weighted by molar-refractivity contribution is 5.95. The van der Waals surface area contributed by atoms with Crippen molar-refractivity contribution in [1.82, 2.24) is 5.32 Å². The van der Waals surface area contributed by atoms with Crippen molar-refractivity contribution >= 4 is 17.6 Å². The molecule has 0 saturated carbocycles. The summed E-state index contributed by atoms with van der Waals surface area (Å²) in [4.78, 5) is 33.2. The second kappa shape index (κ2) is 6.69. The average Bonchev–Trinajstić information content (AvgIpc) is 2.53. The fourth-order valence-corrected chi connectivity index (χ4v) is 2.00. The van der Waals surface area contributed by atoms with Crippen molar-refractivity contribution in [1.29, 1.82) is 0 Å².